The van der Waals surface area contributed by atoms with Crippen molar-refractivity contribution in [2.24, 2.45) is 5.41 Å². The lowest BCUT2D eigenvalue weighted by atomic mass is 9.81. The molecule has 2 unspecified atom stereocenters. The van der Waals surface area contributed by atoms with Crippen LogP contribution < -0.4 is 0 Å². The van der Waals surface area contributed by atoms with Crippen LogP contribution in [0, 0.1) is 5.41 Å². The molecule has 15 heavy (non-hydrogen) atoms. The van der Waals surface area contributed by atoms with Gasteiger partial charge in [-0.2, -0.15) is 0 Å². The molecule has 0 N–H and O–H groups in total. The average Bonchev–Trinajstić information content (AvgIpc) is 2.11. The van der Waals surface area contributed by atoms with E-state index < -0.39 is 17.5 Å². The van der Waals surface area contributed by atoms with Crippen LogP contribution in [0.4, 0.5) is 0 Å². The fourth-order valence-corrected chi connectivity index (χ4v) is 1.45. The second-order valence-electron chi connectivity index (χ2n) is 4.47. The molecule has 0 heterocycles. The molecule has 1 aliphatic rings. The molecule has 0 aliphatic heterocycles. The Balaban J connectivity index is 2.68. The number of hydrogen-bond donors (Lipinski definition) is 0. The van der Waals surface area contributed by atoms with E-state index in [0.717, 1.165) is 0 Å². The highest BCUT2D eigenvalue weighted by molar-refractivity contribution is 6.29. The molecule has 1 rings (SSSR count). The zero-order valence-electron chi connectivity index (χ0n) is 9.12. The molecule has 1 aliphatic carbocycles. The van der Waals surface area contributed by atoms with E-state index in [1.54, 1.807) is 0 Å². The maximum atomic E-state index is 11.4. The van der Waals surface area contributed by atoms with Crippen molar-refractivity contribution in [3.05, 3.63) is 12.2 Å². The summed E-state index contributed by atoms with van der Waals surface area (Å²) in [5, 5.41) is -0.716. The van der Waals surface area contributed by atoms with Gasteiger partial charge in [-0.1, -0.05) is 19.9 Å². The normalized spacial score (nSPS) is 26.1. The highest BCUT2D eigenvalue weighted by atomic mass is 35.5. The summed E-state index contributed by atoms with van der Waals surface area (Å²) in [5.41, 5.74) is -0.117. The quantitative estimate of drug-likeness (QED) is 0.539. The molecule has 0 amide bonds. The van der Waals surface area contributed by atoms with Gasteiger partial charge in [-0.25, -0.2) is 0 Å². The van der Waals surface area contributed by atoms with E-state index in [2.05, 4.69) is 0 Å². The van der Waals surface area contributed by atoms with Gasteiger partial charge in [-0.15, -0.1) is 11.6 Å². The van der Waals surface area contributed by atoms with E-state index in [4.69, 9.17) is 16.3 Å². The van der Waals surface area contributed by atoms with Gasteiger partial charge in [0.05, 0.1) is 0 Å². The van der Waals surface area contributed by atoms with Crippen LogP contribution in [0.3, 0.4) is 0 Å². The summed E-state index contributed by atoms with van der Waals surface area (Å²) >= 11 is 5.56. The van der Waals surface area contributed by atoms with Gasteiger partial charge in [0.15, 0.2) is 11.9 Å². The van der Waals surface area contributed by atoms with E-state index in [0.29, 0.717) is 6.42 Å². The first-order chi connectivity index (χ1) is 6.82. The molecular weight excluding hydrogens is 216 g/mol. The zero-order valence-corrected chi connectivity index (χ0v) is 9.88. The van der Waals surface area contributed by atoms with E-state index in [1.165, 1.54) is 13.0 Å². The lowest BCUT2D eigenvalue weighted by Crippen LogP contribution is -2.35. The van der Waals surface area contributed by atoms with Gasteiger partial charge in [-0.05, 0) is 18.4 Å². The summed E-state index contributed by atoms with van der Waals surface area (Å²) in [5.74, 6) is -0.707. The lowest BCUT2D eigenvalue weighted by molar-refractivity contribution is -0.154. The van der Waals surface area contributed by atoms with Gasteiger partial charge >= 0.3 is 5.97 Å². The van der Waals surface area contributed by atoms with E-state index >= 15 is 0 Å². The number of alkyl halides is 1. The van der Waals surface area contributed by atoms with Gasteiger partial charge < -0.3 is 4.74 Å². The van der Waals surface area contributed by atoms with E-state index in [1.807, 2.05) is 19.9 Å². The smallest absolute Gasteiger partial charge is 0.324 e. The molecule has 0 aromatic heterocycles. The molecule has 0 fully saturated rings. The Labute approximate surface area is 94.4 Å². The third kappa shape index (κ3) is 3.34. The van der Waals surface area contributed by atoms with Crippen LogP contribution in [0.1, 0.15) is 27.2 Å². The summed E-state index contributed by atoms with van der Waals surface area (Å²) in [7, 11) is 0. The molecule has 0 saturated carbocycles. The van der Waals surface area contributed by atoms with Crippen LogP contribution in [0.5, 0.6) is 0 Å². The van der Waals surface area contributed by atoms with Crippen molar-refractivity contribution >= 4 is 23.4 Å². The Hall–Kier alpha value is -0.830. The minimum absolute atomic E-state index is 0.117. The first-order valence-electron chi connectivity index (χ1n) is 4.89. The monoisotopic (exact) mass is 230 g/mol. The van der Waals surface area contributed by atoms with Crippen molar-refractivity contribution in [3.8, 4) is 0 Å². The molecule has 0 aromatic rings. The zero-order chi connectivity index (χ0) is 11.6. The number of rotatable bonds is 2. The van der Waals surface area contributed by atoms with Crippen LogP contribution in [-0.4, -0.2) is 23.2 Å². The van der Waals surface area contributed by atoms with E-state index in [-0.39, 0.29) is 11.2 Å². The number of hydrogen-bond acceptors (Lipinski definition) is 3. The van der Waals surface area contributed by atoms with Crippen molar-refractivity contribution in [1.82, 2.24) is 0 Å². The molecular formula is C11H15ClO3. The van der Waals surface area contributed by atoms with Crippen LogP contribution in [0.2, 0.25) is 0 Å². The summed E-state index contributed by atoms with van der Waals surface area (Å²) in [4.78, 5) is 22.7. The molecule has 0 bridgehead atoms. The summed E-state index contributed by atoms with van der Waals surface area (Å²) in [6.45, 7) is 5.50. The van der Waals surface area contributed by atoms with Crippen LogP contribution in [0.25, 0.3) is 0 Å². The minimum atomic E-state index is -0.716. The topological polar surface area (TPSA) is 43.4 Å². The predicted octanol–water partition coefficient (Wildman–Crippen LogP) is 2.08. The van der Waals surface area contributed by atoms with Crippen molar-refractivity contribution in [2.75, 3.05) is 0 Å². The number of carbonyl (C=O) groups excluding carboxylic acids is 2. The predicted molar refractivity (Wildman–Crippen MR) is 57.7 cm³/mol. The molecule has 2 atom stereocenters. The number of esters is 1. The highest BCUT2D eigenvalue weighted by Gasteiger charge is 2.32. The maximum absolute atomic E-state index is 11.4. The Kier molecular flexibility index (Phi) is 3.55. The molecule has 0 radical (unpaired) electrons. The van der Waals surface area contributed by atoms with Gasteiger partial charge in [-0.3, -0.25) is 9.59 Å². The number of ketones is 1. The van der Waals surface area contributed by atoms with Gasteiger partial charge in [0.1, 0.15) is 5.38 Å². The molecule has 84 valence electrons. The second kappa shape index (κ2) is 4.35. The molecule has 4 heteroatoms. The maximum Gasteiger partial charge on any atom is 0.324 e. The molecule has 0 spiro atoms. The Morgan fingerprint density at radius 3 is 2.80 bits per heavy atom. The third-order valence-electron chi connectivity index (χ3n) is 2.31. The van der Waals surface area contributed by atoms with Gasteiger partial charge in [0.2, 0.25) is 0 Å². The first-order valence-corrected chi connectivity index (χ1v) is 5.33. The number of carbonyl (C=O) groups is 2. The Morgan fingerprint density at radius 1 is 1.67 bits per heavy atom. The van der Waals surface area contributed by atoms with E-state index in [9.17, 15) is 9.59 Å². The second-order valence-corrected chi connectivity index (χ2v) is 5.12. The minimum Gasteiger partial charge on any atom is -0.453 e. The summed E-state index contributed by atoms with van der Waals surface area (Å²) in [6.07, 6.45) is 3.14. The standard InChI is InChI=1S/C11H15ClO3/c1-7(12)10(14)15-9-6-11(2,3)5-4-8(9)13/h4-5,7,9H,6H2,1-3H3. The van der Waals surface area contributed by atoms with Crippen LogP contribution >= 0.6 is 11.6 Å². The fourth-order valence-electron chi connectivity index (χ4n) is 1.40. The number of halogens is 1. The summed E-state index contributed by atoms with van der Waals surface area (Å²) in [6, 6.07) is 0. The molecule has 0 saturated heterocycles. The van der Waals surface area contributed by atoms with Gasteiger partial charge in [0.25, 0.3) is 0 Å². The largest absolute Gasteiger partial charge is 0.453 e. The van der Waals surface area contributed by atoms with Gasteiger partial charge in [0, 0.05) is 6.42 Å². The third-order valence-corrected chi connectivity index (χ3v) is 2.49. The fraction of sp³-hybridized carbons (Fsp3) is 0.636. The SMILES string of the molecule is CC(Cl)C(=O)OC1CC(C)(C)C=CC1=O. The number of allylic oxidation sites excluding steroid dienone is 1. The highest BCUT2D eigenvalue weighted by Crippen LogP contribution is 2.30. The number of ether oxygens (including phenoxy) is 1. The van der Waals surface area contributed by atoms with Crippen LogP contribution in [0.15, 0.2) is 12.2 Å². The van der Waals surface area contributed by atoms with Crippen LogP contribution in [-0.2, 0) is 14.3 Å². The van der Waals surface area contributed by atoms with Crippen molar-refractivity contribution in [3.63, 3.8) is 0 Å². The molecule has 3 nitrogen and oxygen atoms in total. The molecule has 0 aromatic carbocycles. The van der Waals surface area contributed by atoms with Crippen molar-refractivity contribution in [2.45, 2.75) is 38.7 Å². The van der Waals surface area contributed by atoms with Crippen molar-refractivity contribution < 1.29 is 14.3 Å². The Bertz CT molecular complexity index is 305. The lowest BCUT2D eigenvalue weighted by Gasteiger charge is -2.29. The first kappa shape index (κ1) is 12.2. The Morgan fingerprint density at radius 2 is 2.27 bits per heavy atom. The summed E-state index contributed by atoms with van der Waals surface area (Å²) < 4.78 is 5.03. The average molecular weight is 231 g/mol. The van der Waals surface area contributed by atoms with Crippen molar-refractivity contribution in [1.29, 1.82) is 0 Å².